The molecule has 0 saturated carbocycles. The molecule has 1 aliphatic rings. The van der Waals surface area contributed by atoms with Crippen LogP contribution in [0.25, 0.3) is 0 Å². The molecule has 1 aromatic rings. The standard InChI is InChI=1S/C9H12BrN3O2/c1-6-7(10)8(14)12-9(11-6)13-2-4-15-5-3-13/h2-5H2,1H3,(H,11,12,14). The molecule has 0 unspecified atom stereocenters. The Morgan fingerprint density at radius 2 is 2.13 bits per heavy atom. The van der Waals surface area contributed by atoms with Gasteiger partial charge in [0, 0.05) is 13.1 Å². The van der Waals surface area contributed by atoms with Gasteiger partial charge in [0.1, 0.15) is 4.47 Å². The molecule has 0 aromatic carbocycles. The Morgan fingerprint density at radius 1 is 1.47 bits per heavy atom. The third kappa shape index (κ3) is 2.21. The topological polar surface area (TPSA) is 58.2 Å². The van der Waals surface area contributed by atoms with E-state index in [0.717, 1.165) is 13.1 Å². The predicted molar refractivity (Wildman–Crippen MR) is 60.3 cm³/mol. The van der Waals surface area contributed by atoms with Crippen LogP contribution in [0.3, 0.4) is 0 Å². The number of aromatic amines is 1. The van der Waals surface area contributed by atoms with Crippen molar-refractivity contribution < 1.29 is 4.74 Å². The number of aromatic nitrogens is 2. The van der Waals surface area contributed by atoms with Gasteiger partial charge >= 0.3 is 0 Å². The van der Waals surface area contributed by atoms with Crippen molar-refractivity contribution >= 4 is 21.9 Å². The highest BCUT2D eigenvalue weighted by atomic mass is 79.9. The Bertz CT molecular complexity index is 412. The second-order valence-electron chi connectivity index (χ2n) is 3.39. The molecular weight excluding hydrogens is 262 g/mol. The maximum absolute atomic E-state index is 11.5. The number of nitrogens with zero attached hydrogens (tertiary/aromatic N) is 2. The van der Waals surface area contributed by atoms with Crippen molar-refractivity contribution in [2.24, 2.45) is 0 Å². The first-order valence-corrected chi connectivity index (χ1v) is 5.57. The van der Waals surface area contributed by atoms with Gasteiger partial charge < -0.3 is 9.64 Å². The largest absolute Gasteiger partial charge is 0.378 e. The number of nitrogens with one attached hydrogen (secondary N) is 1. The second kappa shape index (κ2) is 4.32. The lowest BCUT2D eigenvalue weighted by atomic mass is 10.4. The van der Waals surface area contributed by atoms with Gasteiger partial charge in [-0.2, -0.15) is 0 Å². The normalized spacial score (nSPS) is 16.8. The van der Waals surface area contributed by atoms with E-state index >= 15 is 0 Å². The van der Waals surface area contributed by atoms with Crippen LogP contribution in [-0.2, 0) is 4.74 Å². The lowest BCUT2D eigenvalue weighted by Gasteiger charge is -2.27. The number of hydrogen-bond acceptors (Lipinski definition) is 4. The van der Waals surface area contributed by atoms with Gasteiger partial charge in [0.15, 0.2) is 0 Å². The van der Waals surface area contributed by atoms with Crippen LogP contribution in [0.5, 0.6) is 0 Å². The molecule has 1 saturated heterocycles. The molecule has 1 N–H and O–H groups in total. The molecule has 1 aliphatic heterocycles. The van der Waals surface area contributed by atoms with Crippen molar-refractivity contribution in [1.82, 2.24) is 9.97 Å². The monoisotopic (exact) mass is 273 g/mol. The smallest absolute Gasteiger partial charge is 0.266 e. The Morgan fingerprint density at radius 3 is 2.73 bits per heavy atom. The molecule has 2 heterocycles. The number of morpholine rings is 1. The Hall–Kier alpha value is -0.880. The Labute approximate surface area is 95.6 Å². The van der Waals surface area contributed by atoms with Crippen molar-refractivity contribution in [3.05, 3.63) is 20.5 Å². The van der Waals surface area contributed by atoms with Crippen molar-refractivity contribution in [3.8, 4) is 0 Å². The molecule has 0 aliphatic carbocycles. The number of ether oxygens (including phenoxy) is 1. The van der Waals surface area contributed by atoms with Gasteiger partial charge in [-0.05, 0) is 22.9 Å². The van der Waals surface area contributed by atoms with Crippen LogP contribution in [0.15, 0.2) is 9.27 Å². The minimum Gasteiger partial charge on any atom is -0.378 e. The fourth-order valence-corrected chi connectivity index (χ4v) is 1.67. The van der Waals surface area contributed by atoms with E-state index in [1.165, 1.54) is 0 Å². The first kappa shape index (κ1) is 10.6. The molecule has 0 radical (unpaired) electrons. The minimum atomic E-state index is -0.135. The second-order valence-corrected chi connectivity index (χ2v) is 4.18. The van der Waals surface area contributed by atoms with Gasteiger partial charge in [-0.25, -0.2) is 4.98 Å². The molecule has 2 rings (SSSR count). The van der Waals surface area contributed by atoms with Crippen molar-refractivity contribution in [1.29, 1.82) is 0 Å². The molecule has 1 fully saturated rings. The highest BCUT2D eigenvalue weighted by Gasteiger charge is 2.14. The van der Waals surface area contributed by atoms with Crippen LogP contribution in [0.2, 0.25) is 0 Å². The van der Waals surface area contributed by atoms with E-state index in [-0.39, 0.29) is 5.56 Å². The lowest BCUT2D eigenvalue weighted by molar-refractivity contribution is 0.122. The molecule has 6 heteroatoms. The molecule has 0 amide bonds. The number of hydrogen-bond donors (Lipinski definition) is 1. The van der Waals surface area contributed by atoms with E-state index in [0.29, 0.717) is 29.3 Å². The fourth-order valence-electron chi connectivity index (χ4n) is 1.48. The van der Waals surface area contributed by atoms with Gasteiger partial charge in [-0.1, -0.05) is 0 Å². The first-order chi connectivity index (χ1) is 7.18. The summed E-state index contributed by atoms with van der Waals surface area (Å²) in [7, 11) is 0. The van der Waals surface area contributed by atoms with E-state index in [1.54, 1.807) is 0 Å². The van der Waals surface area contributed by atoms with Crippen LogP contribution in [0.4, 0.5) is 5.95 Å². The van der Waals surface area contributed by atoms with E-state index in [2.05, 4.69) is 25.9 Å². The fraction of sp³-hybridized carbons (Fsp3) is 0.556. The number of halogens is 1. The average molecular weight is 274 g/mol. The SMILES string of the molecule is Cc1nc(N2CCOCC2)[nH]c(=O)c1Br. The van der Waals surface area contributed by atoms with Gasteiger partial charge in [-0.3, -0.25) is 9.78 Å². The summed E-state index contributed by atoms with van der Waals surface area (Å²) in [6, 6.07) is 0. The summed E-state index contributed by atoms with van der Waals surface area (Å²) in [6.07, 6.45) is 0. The highest BCUT2D eigenvalue weighted by Crippen LogP contribution is 2.12. The third-order valence-electron chi connectivity index (χ3n) is 2.33. The summed E-state index contributed by atoms with van der Waals surface area (Å²) < 4.78 is 5.73. The van der Waals surface area contributed by atoms with Gasteiger partial charge in [0.2, 0.25) is 5.95 Å². The third-order valence-corrected chi connectivity index (χ3v) is 3.26. The van der Waals surface area contributed by atoms with Crippen molar-refractivity contribution in [2.45, 2.75) is 6.92 Å². The van der Waals surface area contributed by atoms with Crippen LogP contribution in [0, 0.1) is 6.92 Å². The van der Waals surface area contributed by atoms with Crippen LogP contribution >= 0.6 is 15.9 Å². The minimum absolute atomic E-state index is 0.135. The zero-order valence-electron chi connectivity index (χ0n) is 8.42. The summed E-state index contributed by atoms with van der Waals surface area (Å²) in [6.45, 7) is 4.70. The number of anilines is 1. The highest BCUT2D eigenvalue weighted by molar-refractivity contribution is 9.10. The van der Waals surface area contributed by atoms with Crippen LogP contribution < -0.4 is 10.5 Å². The van der Waals surface area contributed by atoms with Crippen LogP contribution in [0.1, 0.15) is 5.69 Å². The average Bonchev–Trinajstić information content (AvgIpc) is 2.26. The molecule has 1 aromatic heterocycles. The molecule has 0 bridgehead atoms. The molecule has 82 valence electrons. The van der Waals surface area contributed by atoms with Gasteiger partial charge in [0.25, 0.3) is 5.56 Å². The van der Waals surface area contributed by atoms with Gasteiger partial charge in [0.05, 0.1) is 18.9 Å². The molecule has 15 heavy (non-hydrogen) atoms. The van der Waals surface area contributed by atoms with Crippen LogP contribution in [-0.4, -0.2) is 36.3 Å². The molecule has 5 nitrogen and oxygen atoms in total. The predicted octanol–water partition coefficient (Wildman–Crippen LogP) is 0.677. The molecular formula is C9H12BrN3O2. The maximum Gasteiger partial charge on any atom is 0.266 e. The number of H-pyrrole nitrogens is 1. The Kier molecular flexibility index (Phi) is 3.06. The summed E-state index contributed by atoms with van der Waals surface area (Å²) in [5, 5.41) is 0. The van der Waals surface area contributed by atoms with E-state index in [1.807, 2.05) is 11.8 Å². The number of rotatable bonds is 1. The first-order valence-electron chi connectivity index (χ1n) is 4.77. The summed E-state index contributed by atoms with van der Waals surface area (Å²) in [4.78, 5) is 20.6. The van der Waals surface area contributed by atoms with E-state index in [9.17, 15) is 4.79 Å². The van der Waals surface area contributed by atoms with Crippen molar-refractivity contribution in [2.75, 3.05) is 31.2 Å². The summed E-state index contributed by atoms with van der Waals surface area (Å²) >= 11 is 3.19. The molecule has 0 atom stereocenters. The Balaban J connectivity index is 2.32. The lowest BCUT2D eigenvalue weighted by Crippen LogP contribution is -2.38. The van der Waals surface area contributed by atoms with E-state index < -0.39 is 0 Å². The van der Waals surface area contributed by atoms with Crippen molar-refractivity contribution in [3.63, 3.8) is 0 Å². The summed E-state index contributed by atoms with van der Waals surface area (Å²) in [5.74, 6) is 0.629. The van der Waals surface area contributed by atoms with E-state index in [4.69, 9.17) is 4.74 Å². The zero-order chi connectivity index (χ0) is 10.8. The number of aryl methyl sites for hydroxylation is 1. The summed E-state index contributed by atoms with van der Waals surface area (Å²) in [5.41, 5.74) is 0.573. The van der Waals surface area contributed by atoms with Gasteiger partial charge in [-0.15, -0.1) is 0 Å². The quantitative estimate of drug-likeness (QED) is 0.818. The molecule has 0 spiro atoms. The zero-order valence-corrected chi connectivity index (χ0v) is 10.0. The maximum atomic E-state index is 11.5.